The Hall–Kier alpha value is -0.620. The topological polar surface area (TPSA) is 29.4 Å². The van der Waals surface area contributed by atoms with E-state index in [0.29, 0.717) is 6.54 Å². The normalized spacial score (nSPS) is 15.6. The third-order valence-corrected chi connectivity index (χ3v) is 3.16. The van der Waals surface area contributed by atoms with Gasteiger partial charge in [0.05, 0.1) is 6.54 Å². The van der Waals surface area contributed by atoms with Crippen molar-refractivity contribution in [1.29, 1.82) is 0 Å². The Bertz CT molecular complexity index is 187. The summed E-state index contributed by atoms with van der Waals surface area (Å²) in [5.41, 5.74) is 0. The summed E-state index contributed by atoms with van der Waals surface area (Å²) >= 11 is 0. The molecule has 2 heteroatoms. The van der Waals surface area contributed by atoms with Crippen molar-refractivity contribution < 1.29 is 4.79 Å². The van der Waals surface area contributed by atoms with Gasteiger partial charge in [0.1, 0.15) is 0 Å². The van der Waals surface area contributed by atoms with Crippen LogP contribution in [-0.4, -0.2) is 12.6 Å². The van der Waals surface area contributed by atoms with E-state index in [1.807, 2.05) is 0 Å². The Kier molecular flexibility index (Phi) is 13.0. The number of unbranched alkanes of at least 4 members (excludes halogenated alkanes) is 3. The van der Waals surface area contributed by atoms with Crippen molar-refractivity contribution in [3.8, 4) is 0 Å². The summed E-state index contributed by atoms with van der Waals surface area (Å²) in [5.74, 6) is 1.59. The molecule has 2 nitrogen and oxygen atoms in total. The third kappa shape index (κ3) is 11.6. The van der Waals surface area contributed by atoms with Gasteiger partial charge >= 0.3 is 0 Å². The molecule has 0 aromatic carbocycles. The Morgan fingerprint density at radius 2 is 1.65 bits per heavy atom. The molecule has 1 saturated carbocycles. The first-order valence-electron chi connectivity index (χ1n) is 7.22. The first-order chi connectivity index (χ1) is 8.35. The Balaban J connectivity index is 0.000000366. The van der Waals surface area contributed by atoms with Crippen LogP contribution in [0.4, 0.5) is 0 Å². The second kappa shape index (κ2) is 13.4. The van der Waals surface area contributed by atoms with E-state index in [2.05, 4.69) is 18.8 Å². The van der Waals surface area contributed by atoms with Crippen molar-refractivity contribution in [2.24, 2.45) is 4.99 Å². The number of nitrogens with zero attached hydrogens (tertiary/aromatic N) is 1. The standard InChI is InChI=1S/C9H14NO.C6H14/c11-8-10-7-6-9-4-2-1-3-5-9;1-3-5-6-4-2/h1-7H2;3-6H2,1-2H3. The maximum absolute atomic E-state index is 9.75. The van der Waals surface area contributed by atoms with Crippen molar-refractivity contribution in [2.45, 2.75) is 78.1 Å². The predicted molar refractivity (Wildman–Crippen MR) is 73.7 cm³/mol. The lowest BCUT2D eigenvalue weighted by Gasteiger charge is -2.19. The van der Waals surface area contributed by atoms with E-state index >= 15 is 0 Å². The molecule has 1 aliphatic rings. The molecule has 99 valence electrons. The zero-order valence-corrected chi connectivity index (χ0v) is 11.6. The number of carbonyl (C=O) groups excluding carboxylic acids is 1. The van der Waals surface area contributed by atoms with Crippen LogP contribution in [0.2, 0.25) is 0 Å². The summed E-state index contributed by atoms with van der Waals surface area (Å²) < 4.78 is 0. The Labute approximate surface area is 107 Å². The molecular formula is C15H28NO. The van der Waals surface area contributed by atoms with Gasteiger partial charge in [-0.15, -0.1) is 0 Å². The van der Waals surface area contributed by atoms with Crippen LogP contribution in [0.15, 0.2) is 4.99 Å². The fraction of sp³-hybridized carbons (Fsp3) is 0.867. The van der Waals surface area contributed by atoms with Gasteiger partial charge in [-0.1, -0.05) is 58.8 Å². The summed E-state index contributed by atoms with van der Waals surface area (Å²) in [6.45, 7) is 5.12. The molecule has 1 fully saturated rings. The zero-order chi connectivity index (χ0) is 12.8. The zero-order valence-electron chi connectivity index (χ0n) is 11.6. The van der Waals surface area contributed by atoms with Gasteiger partial charge in [-0.05, 0) is 25.2 Å². The van der Waals surface area contributed by atoms with Crippen molar-refractivity contribution in [2.75, 3.05) is 6.54 Å². The summed E-state index contributed by atoms with van der Waals surface area (Å²) in [7, 11) is 0. The summed E-state index contributed by atoms with van der Waals surface area (Å²) in [5, 5.41) is 0. The van der Waals surface area contributed by atoms with E-state index in [1.165, 1.54) is 57.8 Å². The summed E-state index contributed by atoms with van der Waals surface area (Å²) in [6, 6.07) is 0. The summed E-state index contributed by atoms with van der Waals surface area (Å²) in [6.07, 6.45) is 14.7. The van der Waals surface area contributed by atoms with Crippen molar-refractivity contribution >= 4 is 6.08 Å². The fourth-order valence-electron chi connectivity index (χ4n) is 2.06. The number of hydrogen-bond donors (Lipinski definition) is 0. The van der Waals surface area contributed by atoms with Gasteiger partial charge in [-0.2, -0.15) is 0 Å². The first-order valence-corrected chi connectivity index (χ1v) is 7.22. The minimum absolute atomic E-state index is 0.652. The number of hydrogen-bond acceptors (Lipinski definition) is 2. The largest absolute Gasteiger partial charge is 0.234 e. The van der Waals surface area contributed by atoms with Gasteiger partial charge in [-0.25, -0.2) is 9.79 Å². The molecule has 0 bridgehead atoms. The predicted octanol–water partition coefficient (Wildman–Crippen LogP) is 4.84. The molecule has 0 aromatic heterocycles. The van der Waals surface area contributed by atoms with Crippen molar-refractivity contribution in [1.82, 2.24) is 0 Å². The van der Waals surface area contributed by atoms with Gasteiger partial charge in [-0.3, -0.25) is 0 Å². The molecule has 0 spiro atoms. The second-order valence-electron chi connectivity index (χ2n) is 4.74. The van der Waals surface area contributed by atoms with Crippen LogP contribution in [0.25, 0.3) is 0 Å². The monoisotopic (exact) mass is 238 g/mol. The molecule has 1 rings (SSSR count). The Morgan fingerprint density at radius 1 is 1.06 bits per heavy atom. The van der Waals surface area contributed by atoms with E-state index < -0.39 is 0 Å². The molecule has 17 heavy (non-hydrogen) atoms. The highest BCUT2D eigenvalue weighted by atomic mass is 16.1. The van der Waals surface area contributed by atoms with Crippen LogP contribution in [0.1, 0.15) is 78.1 Å². The highest BCUT2D eigenvalue weighted by molar-refractivity contribution is 5.32. The number of aliphatic imine (C=N–C) groups is 1. The third-order valence-electron chi connectivity index (χ3n) is 3.16. The lowest BCUT2D eigenvalue weighted by atomic mass is 9.87. The molecule has 0 unspecified atom stereocenters. The average molecular weight is 238 g/mol. The number of isocyanates is 1. The number of rotatable bonds is 6. The molecule has 0 saturated heterocycles. The molecule has 1 radical (unpaired) electrons. The molecular weight excluding hydrogens is 210 g/mol. The van der Waals surface area contributed by atoms with Crippen molar-refractivity contribution in [3.63, 3.8) is 0 Å². The highest BCUT2D eigenvalue weighted by Crippen LogP contribution is 2.27. The van der Waals surface area contributed by atoms with E-state index in [1.54, 1.807) is 12.0 Å². The highest BCUT2D eigenvalue weighted by Gasteiger charge is 2.12. The average Bonchev–Trinajstić information content (AvgIpc) is 2.39. The van der Waals surface area contributed by atoms with Gasteiger partial charge in [0.25, 0.3) is 0 Å². The molecule has 0 N–H and O–H groups in total. The first kappa shape index (κ1) is 16.4. The smallest absolute Gasteiger partial charge is 0.211 e. The van der Waals surface area contributed by atoms with Gasteiger partial charge in [0.15, 0.2) is 0 Å². The van der Waals surface area contributed by atoms with Crippen LogP contribution in [0.5, 0.6) is 0 Å². The second-order valence-corrected chi connectivity index (χ2v) is 4.74. The fourth-order valence-corrected chi connectivity index (χ4v) is 2.06. The molecule has 0 aliphatic heterocycles. The molecule has 0 amide bonds. The molecule has 0 heterocycles. The summed E-state index contributed by atoms with van der Waals surface area (Å²) in [4.78, 5) is 13.3. The minimum Gasteiger partial charge on any atom is -0.211 e. The van der Waals surface area contributed by atoms with Crippen LogP contribution < -0.4 is 0 Å². The molecule has 0 aromatic rings. The van der Waals surface area contributed by atoms with Gasteiger partial charge < -0.3 is 0 Å². The van der Waals surface area contributed by atoms with Crippen LogP contribution in [0.3, 0.4) is 0 Å². The van der Waals surface area contributed by atoms with Gasteiger partial charge in [0, 0.05) is 0 Å². The molecule has 0 atom stereocenters. The van der Waals surface area contributed by atoms with E-state index in [9.17, 15) is 4.79 Å². The quantitative estimate of drug-likeness (QED) is 0.370. The SMILES string of the molecule is CCCCCC.O=C=NCC[C]1CCCCC1. The van der Waals surface area contributed by atoms with E-state index in [-0.39, 0.29) is 0 Å². The van der Waals surface area contributed by atoms with Crippen molar-refractivity contribution in [3.05, 3.63) is 5.92 Å². The lowest BCUT2D eigenvalue weighted by molar-refractivity contribution is 0.507. The van der Waals surface area contributed by atoms with Crippen LogP contribution in [-0.2, 0) is 4.79 Å². The molecule has 1 aliphatic carbocycles. The van der Waals surface area contributed by atoms with Crippen LogP contribution >= 0.6 is 0 Å². The minimum atomic E-state index is 0.652. The van der Waals surface area contributed by atoms with E-state index in [0.717, 1.165) is 6.42 Å². The van der Waals surface area contributed by atoms with Crippen LogP contribution in [0, 0.1) is 5.92 Å². The van der Waals surface area contributed by atoms with E-state index in [4.69, 9.17) is 0 Å². The lowest BCUT2D eigenvalue weighted by Crippen LogP contribution is -2.04. The Morgan fingerprint density at radius 3 is 2.12 bits per heavy atom. The maximum Gasteiger partial charge on any atom is 0.234 e. The van der Waals surface area contributed by atoms with Gasteiger partial charge in [0.2, 0.25) is 6.08 Å². The maximum atomic E-state index is 9.75.